The number of carbonyl (C=O) groups excluding carboxylic acids is 1. The predicted molar refractivity (Wildman–Crippen MR) is 61.7 cm³/mol. The molecule has 3 heteroatoms. The lowest BCUT2D eigenvalue weighted by Crippen LogP contribution is -1.93. The van der Waals surface area contributed by atoms with Crippen molar-refractivity contribution in [3.63, 3.8) is 0 Å². The summed E-state index contributed by atoms with van der Waals surface area (Å²) in [5.74, 6) is 0.0495. The predicted octanol–water partition coefficient (Wildman–Crippen LogP) is 3.08. The summed E-state index contributed by atoms with van der Waals surface area (Å²) in [7, 11) is 0. The number of nitrogens with zero attached hydrogens (tertiary/aromatic N) is 1. The number of Topliss-reactive ketones (excluding diaryl/α,β-unsaturated/α-hetero) is 1. The van der Waals surface area contributed by atoms with Crippen LogP contribution in [0.3, 0.4) is 0 Å². The molecule has 0 fully saturated rings. The molecule has 0 spiro atoms. The van der Waals surface area contributed by atoms with Crippen LogP contribution in [0.4, 0.5) is 0 Å². The molecule has 0 radical (unpaired) electrons. The number of rotatable bonds is 4. The van der Waals surface area contributed by atoms with Gasteiger partial charge in [0.25, 0.3) is 0 Å². The number of alkyl halides is 1. The van der Waals surface area contributed by atoms with Gasteiger partial charge >= 0.3 is 0 Å². The monoisotopic (exact) mass is 253 g/mol. The number of pyridine rings is 1. The zero-order valence-corrected chi connectivity index (χ0v) is 9.62. The van der Waals surface area contributed by atoms with Crippen molar-refractivity contribution in [1.82, 2.24) is 4.98 Å². The first-order valence-electron chi connectivity index (χ1n) is 4.43. The summed E-state index contributed by atoms with van der Waals surface area (Å²) in [6.07, 6.45) is 6.59. The van der Waals surface area contributed by atoms with Gasteiger partial charge in [-0.15, -0.1) is 0 Å². The summed E-state index contributed by atoms with van der Waals surface area (Å²) in [5, 5.41) is 0.953. The van der Waals surface area contributed by atoms with Gasteiger partial charge in [0.2, 0.25) is 0 Å². The number of aromatic nitrogens is 1. The van der Waals surface area contributed by atoms with Gasteiger partial charge in [-0.3, -0.25) is 9.78 Å². The van der Waals surface area contributed by atoms with Crippen LogP contribution in [0.2, 0.25) is 0 Å². The minimum atomic E-state index is 0.0495. The highest BCUT2D eigenvalue weighted by atomic mass is 79.9. The second kappa shape index (κ2) is 5.70. The zero-order valence-electron chi connectivity index (χ0n) is 8.03. The van der Waals surface area contributed by atoms with E-state index in [1.54, 1.807) is 12.3 Å². The van der Waals surface area contributed by atoms with E-state index in [0.717, 1.165) is 17.4 Å². The Labute approximate surface area is 92.2 Å². The molecule has 0 aliphatic rings. The summed E-state index contributed by atoms with van der Waals surface area (Å²) in [4.78, 5) is 15.1. The van der Waals surface area contributed by atoms with E-state index in [9.17, 15) is 4.79 Å². The molecule has 0 atom stereocenters. The lowest BCUT2D eigenvalue weighted by atomic mass is 10.2. The standard InChI is InChI=1S/C11H12BrNO/c1-9(14)10-5-6-11(13-8-10)4-2-3-7-12/h2,4-6,8H,3,7H2,1H3. The Kier molecular flexibility index (Phi) is 4.53. The second-order valence-corrected chi connectivity index (χ2v) is 3.70. The molecule has 0 aliphatic heterocycles. The number of ketones is 1. The van der Waals surface area contributed by atoms with Gasteiger partial charge < -0.3 is 0 Å². The average Bonchev–Trinajstić information content (AvgIpc) is 2.19. The molecule has 0 saturated heterocycles. The number of hydrogen-bond donors (Lipinski definition) is 0. The van der Waals surface area contributed by atoms with Gasteiger partial charge in [-0.2, -0.15) is 0 Å². The SMILES string of the molecule is CC(=O)c1ccc(C=CCCBr)nc1. The topological polar surface area (TPSA) is 30.0 Å². The first-order valence-corrected chi connectivity index (χ1v) is 5.55. The van der Waals surface area contributed by atoms with Crippen LogP contribution in [-0.4, -0.2) is 16.1 Å². The molecule has 1 heterocycles. The minimum Gasteiger partial charge on any atom is -0.294 e. The number of hydrogen-bond acceptors (Lipinski definition) is 2. The highest BCUT2D eigenvalue weighted by molar-refractivity contribution is 9.09. The van der Waals surface area contributed by atoms with Crippen molar-refractivity contribution in [3.05, 3.63) is 35.7 Å². The van der Waals surface area contributed by atoms with E-state index in [2.05, 4.69) is 20.9 Å². The van der Waals surface area contributed by atoms with Crippen LogP contribution in [0, 0.1) is 0 Å². The van der Waals surface area contributed by atoms with Crippen LogP contribution >= 0.6 is 15.9 Å². The lowest BCUT2D eigenvalue weighted by Gasteiger charge is -1.95. The van der Waals surface area contributed by atoms with E-state index in [-0.39, 0.29) is 5.78 Å². The van der Waals surface area contributed by atoms with Crippen molar-refractivity contribution in [3.8, 4) is 0 Å². The van der Waals surface area contributed by atoms with E-state index < -0.39 is 0 Å². The maximum atomic E-state index is 11.0. The van der Waals surface area contributed by atoms with Gasteiger partial charge in [0.05, 0.1) is 5.69 Å². The second-order valence-electron chi connectivity index (χ2n) is 2.91. The molecule has 0 amide bonds. The van der Waals surface area contributed by atoms with Gasteiger partial charge in [0.15, 0.2) is 5.78 Å². The van der Waals surface area contributed by atoms with Gasteiger partial charge in [0.1, 0.15) is 0 Å². The number of carbonyl (C=O) groups is 1. The van der Waals surface area contributed by atoms with Crippen molar-refractivity contribution in [2.24, 2.45) is 0 Å². The molecule has 14 heavy (non-hydrogen) atoms. The molecule has 0 saturated carbocycles. The van der Waals surface area contributed by atoms with E-state index >= 15 is 0 Å². The van der Waals surface area contributed by atoms with Crippen LogP contribution in [0.5, 0.6) is 0 Å². The third-order valence-corrected chi connectivity index (χ3v) is 2.22. The van der Waals surface area contributed by atoms with Crippen molar-refractivity contribution >= 4 is 27.8 Å². The third-order valence-electron chi connectivity index (χ3n) is 1.76. The molecule has 0 aromatic carbocycles. The highest BCUT2D eigenvalue weighted by Crippen LogP contribution is 2.03. The summed E-state index contributed by atoms with van der Waals surface area (Å²) in [5.41, 5.74) is 1.54. The van der Waals surface area contributed by atoms with Crippen LogP contribution < -0.4 is 0 Å². The third kappa shape index (κ3) is 3.42. The molecule has 1 rings (SSSR count). The summed E-state index contributed by atoms with van der Waals surface area (Å²) < 4.78 is 0. The Morgan fingerprint density at radius 2 is 2.36 bits per heavy atom. The maximum absolute atomic E-state index is 11.0. The number of halogens is 1. The molecule has 74 valence electrons. The smallest absolute Gasteiger partial charge is 0.161 e. The Bertz CT molecular complexity index is 330. The van der Waals surface area contributed by atoms with Crippen LogP contribution in [0.25, 0.3) is 6.08 Å². The molecule has 2 nitrogen and oxygen atoms in total. The molecule has 1 aromatic heterocycles. The Balaban J connectivity index is 2.68. The Morgan fingerprint density at radius 1 is 1.57 bits per heavy atom. The van der Waals surface area contributed by atoms with E-state index in [0.29, 0.717) is 5.56 Å². The highest BCUT2D eigenvalue weighted by Gasteiger charge is 1.97. The lowest BCUT2D eigenvalue weighted by molar-refractivity contribution is 0.101. The Morgan fingerprint density at radius 3 is 2.86 bits per heavy atom. The van der Waals surface area contributed by atoms with E-state index in [1.807, 2.05) is 18.2 Å². The van der Waals surface area contributed by atoms with Crippen molar-refractivity contribution in [2.75, 3.05) is 5.33 Å². The first-order chi connectivity index (χ1) is 6.74. The van der Waals surface area contributed by atoms with Gasteiger partial charge in [0, 0.05) is 17.1 Å². The normalized spacial score (nSPS) is 10.7. The molecular weight excluding hydrogens is 242 g/mol. The minimum absolute atomic E-state index is 0.0495. The van der Waals surface area contributed by atoms with Crippen LogP contribution in [0.15, 0.2) is 24.4 Å². The maximum Gasteiger partial charge on any atom is 0.161 e. The van der Waals surface area contributed by atoms with Crippen LogP contribution in [0.1, 0.15) is 29.4 Å². The summed E-state index contributed by atoms with van der Waals surface area (Å²) in [6, 6.07) is 3.64. The molecule has 0 bridgehead atoms. The average molecular weight is 254 g/mol. The molecule has 0 aliphatic carbocycles. The Hall–Kier alpha value is -0.960. The molecule has 0 unspecified atom stereocenters. The molecular formula is C11H12BrNO. The van der Waals surface area contributed by atoms with Crippen molar-refractivity contribution in [2.45, 2.75) is 13.3 Å². The van der Waals surface area contributed by atoms with Gasteiger partial charge in [-0.05, 0) is 31.6 Å². The summed E-state index contributed by atoms with van der Waals surface area (Å²) >= 11 is 3.34. The summed E-state index contributed by atoms with van der Waals surface area (Å²) in [6.45, 7) is 1.54. The fourth-order valence-electron chi connectivity index (χ4n) is 0.979. The first kappa shape index (κ1) is 11.1. The van der Waals surface area contributed by atoms with Gasteiger partial charge in [-0.1, -0.05) is 22.0 Å². The van der Waals surface area contributed by atoms with Crippen molar-refractivity contribution in [1.29, 1.82) is 0 Å². The van der Waals surface area contributed by atoms with E-state index in [1.165, 1.54) is 6.92 Å². The largest absolute Gasteiger partial charge is 0.294 e. The van der Waals surface area contributed by atoms with Gasteiger partial charge in [-0.25, -0.2) is 0 Å². The fourth-order valence-corrected chi connectivity index (χ4v) is 1.24. The van der Waals surface area contributed by atoms with Crippen LogP contribution in [-0.2, 0) is 0 Å². The number of allylic oxidation sites excluding steroid dienone is 1. The quantitative estimate of drug-likeness (QED) is 0.610. The molecule has 0 N–H and O–H groups in total. The zero-order chi connectivity index (χ0) is 10.4. The van der Waals surface area contributed by atoms with Crippen molar-refractivity contribution < 1.29 is 4.79 Å². The molecule has 1 aromatic rings. The van der Waals surface area contributed by atoms with E-state index in [4.69, 9.17) is 0 Å². The fraction of sp³-hybridized carbons (Fsp3) is 0.273.